The molecule has 1 aromatic heterocycles. The number of imidazole rings is 1. The van der Waals surface area contributed by atoms with Crippen molar-refractivity contribution in [3.8, 4) is 0 Å². The van der Waals surface area contributed by atoms with Gasteiger partial charge in [0.1, 0.15) is 5.82 Å². The van der Waals surface area contributed by atoms with Crippen molar-refractivity contribution in [2.24, 2.45) is 13.0 Å². The number of fused-ring (bicyclic) bond motifs is 1. The average molecular weight is 598 g/mol. The Morgan fingerprint density at radius 1 is 1.13 bits per heavy atom. The van der Waals surface area contributed by atoms with Crippen LogP contribution in [0.1, 0.15) is 36.7 Å². The minimum atomic E-state index is -4.28. The fraction of sp³-hybridized carbons (Fsp3) is 0.440. The number of hydrogen-bond donors (Lipinski definition) is 1. The average Bonchev–Trinajstić information content (AvgIpc) is 3.13. The molecule has 1 fully saturated rings. The number of piperidine rings is 1. The molecule has 2 heterocycles. The second kappa shape index (κ2) is 10.7. The van der Waals surface area contributed by atoms with Crippen molar-refractivity contribution >= 4 is 57.4 Å². The van der Waals surface area contributed by atoms with E-state index < -0.39 is 23.9 Å². The first-order chi connectivity index (χ1) is 17.7. The zero-order valence-corrected chi connectivity index (χ0v) is 22.7. The van der Waals surface area contributed by atoms with Crippen LogP contribution >= 0.6 is 34.8 Å². The van der Waals surface area contributed by atoms with E-state index in [-0.39, 0.29) is 31.0 Å². The van der Waals surface area contributed by atoms with Crippen LogP contribution in [-0.4, -0.2) is 40.6 Å². The monoisotopic (exact) mass is 596 g/mol. The number of amides is 1. The number of halogens is 8. The first kappa shape index (κ1) is 28.7. The van der Waals surface area contributed by atoms with Crippen LogP contribution in [0.5, 0.6) is 0 Å². The number of hydrogen-bond acceptors (Lipinski definition) is 3. The van der Waals surface area contributed by atoms with Gasteiger partial charge in [0.05, 0.1) is 32.7 Å². The van der Waals surface area contributed by atoms with Crippen molar-refractivity contribution in [1.82, 2.24) is 14.9 Å². The highest BCUT2D eigenvalue weighted by Gasteiger charge is 2.42. The van der Waals surface area contributed by atoms with E-state index in [9.17, 15) is 26.7 Å². The fourth-order valence-corrected chi connectivity index (χ4v) is 5.40. The van der Waals surface area contributed by atoms with Crippen molar-refractivity contribution in [2.75, 3.05) is 18.0 Å². The Morgan fingerprint density at radius 3 is 2.50 bits per heavy atom. The molecule has 1 aliphatic heterocycles. The predicted octanol–water partition coefficient (Wildman–Crippen LogP) is 7.17. The molecule has 38 heavy (non-hydrogen) atoms. The SMILES string of the molecule is Cn1c(Cc2c(Cl)ccc(CNC(=O)C(C)(F)F)c2Cl)nc2cc(Cl)c(N3CCCC(C(F)(F)F)C3)cc21. The highest BCUT2D eigenvalue weighted by Crippen LogP contribution is 2.39. The summed E-state index contributed by atoms with van der Waals surface area (Å²) >= 11 is 19.4. The van der Waals surface area contributed by atoms with Crippen LogP contribution in [0.25, 0.3) is 11.0 Å². The second-order valence-electron chi connectivity index (χ2n) is 9.45. The number of carbonyl (C=O) groups excluding carboxylic acids is 1. The van der Waals surface area contributed by atoms with Gasteiger partial charge in [0.2, 0.25) is 0 Å². The molecule has 1 aliphatic rings. The third kappa shape index (κ3) is 5.97. The molecule has 0 spiro atoms. The Kier molecular flexibility index (Phi) is 8.08. The second-order valence-corrected chi connectivity index (χ2v) is 10.6. The quantitative estimate of drug-likeness (QED) is 0.307. The van der Waals surface area contributed by atoms with Gasteiger partial charge in [-0.05, 0) is 42.2 Å². The first-order valence-corrected chi connectivity index (χ1v) is 12.9. The summed E-state index contributed by atoms with van der Waals surface area (Å²) < 4.78 is 68.2. The predicted molar refractivity (Wildman–Crippen MR) is 138 cm³/mol. The molecule has 1 amide bonds. The summed E-state index contributed by atoms with van der Waals surface area (Å²) in [4.78, 5) is 17.8. The lowest BCUT2D eigenvalue weighted by Crippen LogP contribution is -2.41. The molecule has 206 valence electrons. The van der Waals surface area contributed by atoms with E-state index in [0.29, 0.717) is 63.6 Å². The summed E-state index contributed by atoms with van der Waals surface area (Å²) in [6.45, 7) is 0.571. The number of carbonyl (C=O) groups is 1. The smallest absolute Gasteiger partial charge is 0.370 e. The Balaban J connectivity index is 1.62. The van der Waals surface area contributed by atoms with E-state index in [1.54, 1.807) is 34.7 Å². The van der Waals surface area contributed by atoms with Crippen molar-refractivity contribution in [3.63, 3.8) is 0 Å². The van der Waals surface area contributed by atoms with E-state index >= 15 is 0 Å². The van der Waals surface area contributed by atoms with Crippen LogP contribution in [0.3, 0.4) is 0 Å². The molecule has 13 heteroatoms. The molecule has 0 bridgehead atoms. The highest BCUT2D eigenvalue weighted by atomic mass is 35.5. The maximum absolute atomic E-state index is 13.3. The molecule has 1 N–H and O–H groups in total. The summed E-state index contributed by atoms with van der Waals surface area (Å²) in [7, 11) is 1.76. The van der Waals surface area contributed by atoms with Crippen LogP contribution in [0.15, 0.2) is 24.3 Å². The summed E-state index contributed by atoms with van der Waals surface area (Å²) in [5.74, 6) is -5.83. The topological polar surface area (TPSA) is 50.2 Å². The van der Waals surface area contributed by atoms with Gasteiger partial charge in [0.15, 0.2) is 0 Å². The Morgan fingerprint density at radius 2 is 1.84 bits per heavy atom. The summed E-state index contributed by atoms with van der Waals surface area (Å²) in [6, 6.07) is 6.44. The molecule has 0 radical (unpaired) electrons. The van der Waals surface area contributed by atoms with Gasteiger partial charge in [-0.3, -0.25) is 4.79 Å². The van der Waals surface area contributed by atoms with Crippen molar-refractivity contribution in [1.29, 1.82) is 0 Å². The molecular weight excluding hydrogens is 574 g/mol. The van der Waals surface area contributed by atoms with Crippen LogP contribution < -0.4 is 10.2 Å². The Labute approximate surface area is 230 Å². The van der Waals surface area contributed by atoms with Crippen molar-refractivity contribution in [3.05, 3.63) is 56.3 Å². The zero-order chi connectivity index (χ0) is 28.0. The minimum absolute atomic E-state index is 0.0842. The highest BCUT2D eigenvalue weighted by molar-refractivity contribution is 6.36. The number of anilines is 1. The van der Waals surface area contributed by atoms with E-state index in [2.05, 4.69) is 10.3 Å². The number of nitrogens with one attached hydrogen (secondary N) is 1. The molecule has 1 atom stereocenters. The molecule has 5 nitrogen and oxygen atoms in total. The lowest BCUT2D eigenvalue weighted by molar-refractivity contribution is -0.176. The lowest BCUT2D eigenvalue weighted by Gasteiger charge is -2.35. The number of benzene rings is 2. The third-order valence-corrected chi connectivity index (χ3v) is 7.83. The number of nitrogens with zero attached hydrogens (tertiary/aromatic N) is 3. The Hall–Kier alpha value is -2.30. The van der Waals surface area contributed by atoms with Gasteiger partial charge >= 0.3 is 12.1 Å². The fourth-order valence-electron chi connectivity index (χ4n) is 4.55. The molecule has 0 saturated carbocycles. The maximum atomic E-state index is 13.3. The number of aryl methyl sites for hydroxylation is 1. The number of aromatic nitrogens is 2. The largest absolute Gasteiger partial charge is 0.393 e. The van der Waals surface area contributed by atoms with Gasteiger partial charge in [0, 0.05) is 45.0 Å². The summed E-state index contributed by atoms with van der Waals surface area (Å²) in [5.41, 5.74) is 2.59. The standard InChI is InChI=1S/C25H24Cl3F5N4O/c1-24(29,30)23(38)34-11-13-5-6-16(26)15(22(13)28)8-21-35-18-9-17(27)19(10-20(18)36(21)2)37-7-3-4-14(12-37)25(31,32)33/h5-6,9-10,14H,3-4,7-8,11-12H2,1-2H3,(H,34,38). The van der Waals surface area contributed by atoms with Crippen molar-refractivity contribution in [2.45, 2.75) is 44.8 Å². The zero-order valence-electron chi connectivity index (χ0n) is 20.4. The van der Waals surface area contributed by atoms with Crippen LogP contribution in [0.2, 0.25) is 15.1 Å². The van der Waals surface area contributed by atoms with Gasteiger partial charge in [-0.1, -0.05) is 40.9 Å². The maximum Gasteiger partial charge on any atom is 0.393 e. The normalized spacial score (nSPS) is 16.8. The van der Waals surface area contributed by atoms with E-state index in [0.717, 1.165) is 0 Å². The Bertz CT molecular complexity index is 1370. The number of alkyl halides is 5. The lowest BCUT2D eigenvalue weighted by atomic mass is 9.97. The van der Waals surface area contributed by atoms with Crippen molar-refractivity contribution < 1.29 is 26.7 Å². The minimum Gasteiger partial charge on any atom is -0.370 e. The summed E-state index contributed by atoms with van der Waals surface area (Å²) in [6.07, 6.45) is -3.62. The van der Waals surface area contributed by atoms with Gasteiger partial charge in [-0.2, -0.15) is 22.0 Å². The molecule has 1 unspecified atom stereocenters. The van der Waals surface area contributed by atoms with Gasteiger partial charge in [-0.25, -0.2) is 4.98 Å². The molecule has 4 rings (SSSR count). The molecular formula is C25H24Cl3F5N4O. The molecule has 2 aromatic carbocycles. The third-order valence-electron chi connectivity index (χ3n) is 6.71. The summed E-state index contributed by atoms with van der Waals surface area (Å²) in [5, 5.41) is 2.98. The molecule has 1 saturated heterocycles. The van der Waals surface area contributed by atoms with Gasteiger partial charge < -0.3 is 14.8 Å². The van der Waals surface area contributed by atoms with Gasteiger partial charge in [-0.15, -0.1) is 0 Å². The van der Waals surface area contributed by atoms with Crippen LogP contribution in [0, 0.1) is 5.92 Å². The molecule has 3 aromatic rings. The van der Waals surface area contributed by atoms with Gasteiger partial charge in [0.25, 0.3) is 5.91 Å². The number of rotatable bonds is 6. The van der Waals surface area contributed by atoms with Crippen LogP contribution in [-0.2, 0) is 24.8 Å². The molecule has 0 aliphatic carbocycles. The van der Waals surface area contributed by atoms with E-state index in [1.165, 1.54) is 6.07 Å². The van der Waals surface area contributed by atoms with E-state index in [4.69, 9.17) is 34.8 Å². The van der Waals surface area contributed by atoms with Crippen LogP contribution in [0.4, 0.5) is 27.6 Å². The van der Waals surface area contributed by atoms with E-state index in [1.807, 2.05) is 0 Å². The first-order valence-electron chi connectivity index (χ1n) is 11.7.